The number of allylic oxidation sites excluding steroid dienone is 6. The van der Waals surface area contributed by atoms with E-state index in [9.17, 15) is 19.4 Å². The molecule has 3 unspecified atom stereocenters. The van der Waals surface area contributed by atoms with Crippen molar-refractivity contribution in [3.63, 3.8) is 0 Å². The Kier molecular flexibility index (Phi) is 56.4. The zero-order valence-electron chi connectivity index (χ0n) is 50.8. The largest absolute Gasteiger partial charge is 0.756 e. The summed E-state index contributed by atoms with van der Waals surface area (Å²) >= 11 is 0. The van der Waals surface area contributed by atoms with Crippen molar-refractivity contribution in [2.24, 2.45) is 0 Å². The Balaban J connectivity index is 4.08. The molecule has 0 aromatic carbocycles. The van der Waals surface area contributed by atoms with Crippen LogP contribution in [0.5, 0.6) is 0 Å². The van der Waals surface area contributed by atoms with E-state index >= 15 is 0 Å². The number of aliphatic hydroxyl groups is 1. The van der Waals surface area contributed by atoms with Gasteiger partial charge < -0.3 is 28.8 Å². The summed E-state index contributed by atoms with van der Waals surface area (Å²) in [5.41, 5.74) is 0. The van der Waals surface area contributed by atoms with Crippen LogP contribution in [0.2, 0.25) is 0 Å². The summed E-state index contributed by atoms with van der Waals surface area (Å²) in [5.74, 6) is -0.164. The van der Waals surface area contributed by atoms with Gasteiger partial charge in [-0.25, -0.2) is 0 Å². The van der Waals surface area contributed by atoms with Crippen LogP contribution in [-0.4, -0.2) is 68.5 Å². The molecule has 0 bridgehead atoms. The van der Waals surface area contributed by atoms with Crippen molar-refractivity contribution in [1.29, 1.82) is 0 Å². The number of hydrogen-bond donors (Lipinski definition) is 2. The first-order valence-electron chi connectivity index (χ1n) is 32.8. The van der Waals surface area contributed by atoms with Gasteiger partial charge in [-0.15, -0.1) is 0 Å². The predicted molar refractivity (Wildman–Crippen MR) is 325 cm³/mol. The number of nitrogens with one attached hydrogen (secondary N) is 1. The number of nitrogens with zero attached hydrogens (tertiary/aromatic N) is 1. The maximum Gasteiger partial charge on any atom is 0.268 e. The van der Waals surface area contributed by atoms with Crippen LogP contribution in [0.1, 0.15) is 328 Å². The molecule has 2 N–H and O–H groups in total. The molecule has 0 aliphatic heterocycles. The smallest absolute Gasteiger partial charge is 0.268 e. The second-order valence-corrected chi connectivity index (χ2v) is 25.2. The fraction of sp³-hybridized carbons (Fsp3) is 0.894. The van der Waals surface area contributed by atoms with Crippen LogP contribution in [-0.2, 0) is 18.4 Å². The third kappa shape index (κ3) is 60.2. The zero-order valence-corrected chi connectivity index (χ0v) is 51.7. The second-order valence-electron chi connectivity index (χ2n) is 23.8. The van der Waals surface area contributed by atoms with Crippen molar-refractivity contribution in [3.8, 4) is 0 Å². The van der Waals surface area contributed by atoms with Gasteiger partial charge in [-0.3, -0.25) is 9.36 Å². The zero-order chi connectivity index (χ0) is 54.9. The minimum absolute atomic E-state index is 0.0118. The van der Waals surface area contributed by atoms with E-state index in [-0.39, 0.29) is 19.1 Å². The summed E-state index contributed by atoms with van der Waals surface area (Å²) in [6, 6.07) is -0.805. The van der Waals surface area contributed by atoms with Crippen LogP contribution in [0.3, 0.4) is 0 Å². The summed E-state index contributed by atoms with van der Waals surface area (Å²) in [7, 11) is 1.31. The molecule has 75 heavy (non-hydrogen) atoms. The van der Waals surface area contributed by atoms with Crippen molar-refractivity contribution >= 4 is 13.7 Å². The van der Waals surface area contributed by atoms with E-state index in [2.05, 4.69) is 55.6 Å². The van der Waals surface area contributed by atoms with Crippen LogP contribution < -0.4 is 10.2 Å². The summed E-state index contributed by atoms with van der Waals surface area (Å²) in [6.07, 6.45) is 74.8. The van der Waals surface area contributed by atoms with Gasteiger partial charge in [0.25, 0.3) is 7.82 Å². The van der Waals surface area contributed by atoms with Gasteiger partial charge >= 0.3 is 0 Å². The van der Waals surface area contributed by atoms with Gasteiger partial charge in [0.1, 0.15) is 13.2 Å². The molecule has 0 saturated carbocycles. The molecule has 0 aromatic rings. The molecule has 0 saturated heterocycles. The molecule has 9 heteroatoms. The van der Waals surface area contributed by atoms with E-state index in [1.54, 1.807) is 0 Å². The fourth-order valence-corrected chi connectivity index (χ4v) is 10.7. The van der Waals surface area contributed by atoms with E-state index in [0.717, 1.165) is 51.4 Å². The Morgan fingerprint density at radius 3 is 1.12 bits per heavy atom. The highest BCUT2D eigenvalue weighted by atomic mass is 31.2. The van der Waals surface area contributed by atoms with E-state index < -0.39 is 20.0 Å². The molecular weight excluding hydrogens is 948 g/mol. The number of phosphoric ester groups is 1. The highest BCUT2D eigenvalue weighted by Crippen LogP contribution is 2.38. The highest BCUT2D eigenvalue weighted by Gasteiger charge is 2.24. The van der Waals surface area contributed by atoms with Gasteiger partial charge in [-0.05, 0) is 51.4 Å². The molecule has 0 radical (unpaired) electrons. The lowest BCUT2D eigenvalue weighted by Gasteiger charge is -2.30. The number of aliphatic hydroxyl groups excluding tert-OH is 1. The van der Waals surface area contributed by atoms with Gasteiger partial charge in [0.2, 0.25) is 5.91 Å². The predicted octanol–water partition coefficient (Wildman–Crippen LogP) is 19.9. The number of rotatable bonds is 61. The SMILES string of the molecule is CCCCCCC/C=C\C/C=C\C/C=C\CCCCCCCCCCCCC(=O)NC(COP(=O)([O-])OCC[N+](C)(C)C)C(O)CCCCCCCCCCCCCCCCCCCCCCCCCCCCCC. The molecule has 0 rings (SSSR count). The molecule has 0 heterocycles. The Labute approximate surface area is 467 Å². The molecule has 3 atom stereocenters. The number of carbonyl (C=O) groups is 1. The quantitative estimate of drug-likeness (QED) is 0.0272. The molecule has 0 spiro atoms. The van der Waals surface area contributed by atoms with E-state index in [1.165, 1.54) is 250 Å². The topological polar surface area (TPSA) is 108 Å². The Hall–Kier alpha value is -1.28. The van der Waals surface area contributed by atoms with Gasteiger partial charge in [0.15, 0.2) is 0 Å². The first-order chi connectivity index (χ1) is 36.5. The van der Waals surface area contributed by atoms with Gasteiger partial charge in [0, 0.05) is 6.42 Å². The first kappa shape index (κ1) is 73.7. The monoisotopic (exact) mass is 1080 g/mol. The van der Waals surface area contributed by atoms with Crippen LogP contribution in [0, 0.1) is 0 Å². The Morgan fingerprint density at radius 2 is 0.773 bits per heavy atom. The van der Waals surface area contributed by atoms with Crippen LogP contribution in [0.25, 0.3) is 0 Å². The average Bonchev–Trinajstić information content (AvgIpc) is 3.37. The van der Waals surface area contributed by atoms with Crippen LogP contribution in [0.4, 0.5) is 0 Å². The number of unbranched alkanes of at least 4 members (excludes halogenated alkanes) is 42. The summed E-state index contributed by atoms with van der Waals surface area (Å²) in [6.45, 7) is 4.75. The molecule has 8 nitrogen and oxygen atoms in total. The standard InChI is InChI=1S/C66H129N2O6P/c1-6-8-10-12-14-16-18-20-22-24-26-28-30-32-33-34-36-37-39-41-43-45-47-49-51-53-55-57-59-65(69)64(63-74-75(71,72)73-62-61-68(3,4)5)67-66(70)60-58-56-54-52-50-48-46-44-42-40-38-35-31-29-27-25-23-21-19-17-15-13-11-9-7-2/h19,21,25,27,31,35,64-65,69H,6-18,20,22-24,26,28-30,32-34,36-63H2,1-5H3,(H-,67,70,71,72)/b21-19-,27-25-,35-31-. The number of likely N-dealkylation sites (N-methyl/N-ethyl adjacent to an activating group) is 1. The van der Waals surface area contributed by atoms with Crippen molar-refractivity contribution in [3.05, 3.63) is 36.5 Å². The molecule has 1 amide bonds. The van der Waals surface area contributed by atoms with E-state index in [1.807, 2.05) is 21.1 Å². The number of phosphoric acid groups is 1. The third-order valence-electron chi connectivity index (χ3n) is 15.1. The number of carbonyl (C=O) groups excluding carboxylic acids is 1. The average molecular weight is 1080 g/mol. The van der Waals surface area contributed by atoms with E-state index in [4.69, 9.17) is 9.05 Å². The first-order valence-corrected chi connectivity index (χ1v) is 34.3. The lowest BCUT2D eigenvalue weighted by atomic mass is 10.0. The maximum atomic E-state index is 13.0. The maximum absolute atomic E-state index is 13.0. The number of hydrogen-bond acceptors (Lipinski definition) is 6. The van der Waals surface area contributed by atoms with E-state index in [0.29, 0.717) is 23.9 Å². The number of quaternary nitrogens is 1. The molecule has 0 aromatic heterocycles. The molecule has 0 aliphatic carbocycles. The van der Waals surface area contributed by atoms with Crippen molar-refractivity contribution in [1.82, 2.24) is 5.32 Å². The fourth-order valence-electron chi connectivity index (χ4n) is 9.99. The van der Waals surface area contributed by atoms with Crippen molar-refractivity contribution in [2.75, 3.05) is 40.9 Å². The third-order valence-corrected chi connectivity index (χ3v) is 16.1. The summed E-state index contributed by atoms with van der Waals surface area (Å²) < 4.78 is 23.5. The number of amides is 1. The van der Waals surface area contributed by atoms with Crippen LogP contribution in [0.15, 0.2) is 36.5 Å². The minimum Gasteiger partial charge on any atom is -0.756 e. The molecule has 444 valence electrons. The minimum atomic E-state index is -4.58. The molecule has 0 fully saturated rings. The van der Waals surface area contributed by atoms with Gasteiger partial charge in [-0.1, -0.05) is 307 Å². The lowest BCUT2D eigenvalue weighted by molar-refractivity contribution is -0.870. The lowest BCUT2D eigenvalue weighted by Crippen LogP contribution is -2.46. The summed E-state index contributed by atoms with van der Waals surface area (Å²) in [5, 5.41) is 14.1. The van der Waals surface area contributed by atoms with Gasteiger partial charge in [-0.2, -0.15) is 0 Å². The molecular formula is C66H129N2O6P. The summed E-state index contributed by atoms with van der Waals surface area (Å²) in [4.78, 5) is 25.6. The Bertz CT molecular complexity index is 1320. The van der Waals surface area contributed by atoms with Crippen molar-refractivity contribution < 1.29 is 32.9 Å². The highest BCUT2D eigenvalue weighted by molar-refractivity contribution is 7.45. The Morgan fingerprint density at radius 1 is 0.467 bits per heavy atom. The second kappa shape index (κ2) is 57.4. The normalized spacial score (nSPS) is 14.0. The van der Waals surface area contributed by atoms with Gasteiger partial charge in [0.05, 0.1) is 39.9 Å². The van der Waals surface area contributed by atoms with Crippen LogP contribution >= 0.6 is 7.82 Å². The molecule has 0 aliphatic rings. The van der Waals surface area contributed by atoms with Crippen molar-refractivity contribution in [2.45, 2.75) is 341 Å².